The highest BCUT2D eigenvalue weighted by Gasteiger charge is 2.34. The van der Waals surface area contributed by atoms with Crippen molar-refractivity contribution in [3.8, 4) is 0 Å². The number of hydrogen-bond donors (Lipinski definition) is 2. The van der Waals surface area contributed by atoms with Crippen molar-refractivity contribution in [1.29, 1.82) is 0 Å². The number of methoxy groups -OCH3 is 1. The Bertz CT molecular complexity index is 492. The smallest absolute Gasteiger partial charge is 0.366 e. The van der Waals surface area contributed by atoms with Gasteiger partial charge in [0.15, 0.2) is 6.23 Å². The summed E-state index contributed by atoms with van der Waals surface area (Å²) < 4.78 is 43.3. The highest BCUT2D eigenvalue weighted by atomic mass is 19.4. The number of rotatable bonds is 7. The number of nitrogens with one attached hydrogen (secondary N) is 1. The molecule has 0 radical (unpaired) electrons. The molecule has 8 heteroatoms. The summed E-state index contributed by atoms with van der Waals surface area (Å²) in [5.41, 5.74) is 3.83. The van der Waals surface area contributed by atoms with E-state index in [9.17, 15) is 18.0 Å². The molecule has 0 aromatic carbocycles. The SMILES string of the molecule is CCCCNC(OC)c1nc(C(F)(F)F)ccc1C(N)=O. The second-order valence-corrected chi connectivity index (χ2v) is 4.41. The molecule has 1 aromatic rings. The van der Waals surface area contributed by atoms with Crippen LogP contribution in [-0.2, 0) is 10.9 Å². The van der Waals surface area contributed by atoms with Crippen molar-refractivity contribution in [2.75, 3.05) is 13.7 Å². The van der Waals surface area contributed by atoms with Gasteiger partial charge in [-0.1, -0.05) is 13.3 Å². The summed E-state index contributed by atoms with van der Waals surface area (Å²) in [5.74, 6) is -0.856. The van der Waals surface area contributed by atoms with Gasteiger partial charge in [-0.15, -0.1) is 0 Å². The minimum absolute atomic E-state index is 0.0983. The molecule has 21 heavy (non-hydrogen) atoms. The molecule has 0 saturated carbocycles. The Morgan fingerprint density at radius 1 is 1.48 bits per heavy atom. The first-order valence-corrected chi connectivity index (χ1v) is 6.45. The second-order valence-electron chi connectivity index (χ2n) is 4.41. The van der Waals surface area contributed by atoms with Crippen LogP contribution in [0.5, 0.6) is 0 Å². The molecule has 3 N–H and O–H groups in total. The minimum Gasteiger partial charge on any atom is -0.366 e. The summed E-state index contributed by atoms with van der Waals surface area (Å²) >= 11 is 0. The highest BCUT2D eigenvalue weighted by Crippen LogP contribution is 2.29. The van der Waals surface area contributed by atoms with Crippen LogP contribution in [0.15, 0.2) is 12.1 Å². The molecule has 1 unspecified atom stereocenters. The zero-order valence-electron chi connectivity index (χ0n) is 11.8. The predicted molar refractivity (Wildman–Crippen MR) is 70.4 cm³/mol. The van der Waals surface area contributed by atoms with E-state index in [1.165, 1.54) is 7.11 Å². The lowest BCUT2D eigenvalue weighted by Gasteiger charge is -2.20. The summed E-state index contributed by atoms with van der Waals surface area (Å²) in [4.78, 5) is 14.9. The molecule has 0 fully saturated rings. The van der Waals surface area contributed by atoms with Crippen molar-refractivity contribution in [2.24, 2.45) is 5.73 Å². The summed E-state index contributed by atoms with van der Waals surface area (Å²) in [6.07, 6.45) is -3.82. The third-order valence-corrected chi connectivity index (χ3v) is 2.82. The first-order chi connectivity index (χ1) is 9.81. The number of primary amides is 1. The van der Waals surface area contributed by atoms with Crippen molar-refractivity contribution in [3.63, 3.8) is 0 Å². The van der Waals surface area contributed by atoms with Gasteiger partial charge >= 0.3 is 6.18 Å². The Balaban J connectivity index is 3.17. The molecule has 0 aliphatic heterocycles. The lowest BCUT2D eigenvalue weighted by atomic mass is 10.1. The number of aromatic nitrogens is 1. The number of carbonyl (C=O) groups excluding carboxylic acids is 1. The third kappa shape index (κ3) is 4.68. The normalized spacial score (nSPS) is 13.2. The summed E-state index contributed by atoms with van der Waals surface area (Å²) in [5, 5.41) is 2.90. The highest BCUT2D eigenvalue weighted by molar-refractivity contribution is 5.94. The average Bonchev–Trinajstić information content (AvgIpc) is 2.42. The molecule has 118 valence electrons. The van der Waals surface area contributed by atoms with E-state index in [1.54, 1.807) is 0 Å². The fraction of sp³-hybridized carbons (Fsp3) is 0.538. The van der Waals surface area contributed by atoms with Crippen LogP contribution in [0, 0.1) is 0 Å². The van der Waals surface area contributed by atoms with E-state index in [2.05, 4.69) is 10.3 Å². The van der Waals surface area contributed by atoms with Crippen molar-refractivity contribution in [1.82, 2.24) is 10.3 Å². The molecule has 1 aromatic heterocycles. The predicted octanol–water partition coefficient (Wildman–Crippen LogP) is 2.23. The number of alkyl halides is 3. The molecule has 1 amide bonds. The second kappa shape index (κ2) is 7.37. The van der Waals surface area contributed by atoms with Gasteiger partial charge in [-0.3, -0.25) is 10.1 Å². The van der Waals surface area contributed by atoms with Gasteiger partial charge in [-0.05, 0) is 25.1 Å². The summed E-state index contributed by atoms with van der Waals surface area (Å²) in [6, 6.07) is 1.74. The van der Waals surface area contributed by atoms with E-state index in [0.717, 1.165) is 25.0 Å². The molecule has 5 nitrogen and oxygen atoms in total. The topological polar surface area (TPSA) is 77.2 Å². The first-order valence-electron chi connectivity index (χ1n) is 6.45. The maximum atomic E-state index is 12.7. The number of carbonyl (C=O) groups is 1. The van der Waals surface area contributed by atoms with Crippen molar-refractivity contribution < 1.29 is 22.7 Å². The minimum atomic E-state index is -4.60. The number of ether oxygens (including phenoxy) is 1. The lowest BCUT2D eigenvalue weighted by Crippen LogP contribution is -2.29. The third-order valence-electron chi connectivity index (χ3n) is 2.82. The number of nitrogens with zero attached hydrogens (tertiary/aromatic N) is 1. The van der Waals surface area contributed by atoms with Crippen LogP contribution in [0.1, 0.15) is 47.7 Å². The van der Waals surface area contributed by atoms with E-state index in [1.807, 2.05) is 6.92 Å². The van der Waals surface area contributed by atoms with E-state index in [4.69, 9.17) is 10.5 Å². The summed E-state index contributed by atoms with van der Waals surface area (Å²) in [7, 11) is 1.32. The van der Waals surface area contributed by atoms with Crippen LogP contribution in [0.2, 0.25) is 0 Å². The van der Waals surface area contributed by atoms with Gasteiger partial charge in [0.25, 0.3) is 5.91 Å². The van der Waals surface area contributed by atoms with Crippen LogP contribution in [0.4, 0.5) is 13.2 Å². The molecule has 1 atom stereocenters. The molecule has 0 saturated heterocycles. The van der Waals surface area contributed by atoms with Crippen LogP contribution >= 0.6 is 0 Å². The van der Waals surface area contributed by atoms with Crippen LogP contribution in [0.25, 0.3) is 0 Å². The maximum absolute atomic E-state index is 12.7. The maximum Gasteiger partial charge on any atom is 0.433 e. The molecule has 0 aliphatic carbocycles. The zero-order valence-corrected chi connectivity index (χ0v) is 11.8. The monoisotopic (exact) mass is 305 g/mol. The van der Waals surface area contributed by atoms with Crippen molar-refractivity contribution >= 4 is 5.91 Å². The molecule has 0 spiro atoms. The van der Waals surface area contributed by atoms with E-state index < -0.39 is 24.0 Å². The van der Waals surface area contributed by atoms with Gasteiger partial charge < -0.3 is 10.5 Å². The number of amides is 1. The number of pyridine rings is 1. The van der Waals surface area contributed by atoms with Gasteiger partial charge in [0.1, 0.15) is 5.69 Å². The Labute approximate surface area is 120 Å². The molecule has 0 bridgehead atoms. The largest absolute Gasteiger partial charge is 0.433 e. The Morgan fingerprint density at radius 3 is 2.62 bits per heavy atom. The zero-order chi connectivity index (χ0) is 16.0. The van der Waals surface area contributed by atoms with Gasteiger partial charge in [-0.2, -0.15) is 13.2 Å². The van der Waals surface area contributed by atoms with Crippen LogP contribution in [0.3, 0.4) is 0 Å². The fourth-order valence-electron chi connectivity index (χ4n) is 1.74. The van der Waals surface area contributed by atoms with Gasteiger partial charge in [0.05, 0.1) is 11.3 Å². The number of nitrogens with two attached hydrogens (primary N) is 1. The Kier molecular flexibility index (Phi) is 6.10. The molecule has 1 rings (SSSR count). The van der Waals surface area contributed by atoms with Gasteiger partial charge in [-0.25, -0.2) is 4.98 Å². The van der Waals surface area contributed by atoms with E-state index in [-0.39, 0.29) is 11.3 Å². The molecular formula is C13H18F3N3O2. The number of hydrogen-bond acceptors (Lipinski definition) is 4. The lowest BCUT2D eigenvalue weighted by molar-refractivity contribution is -0.141. The number of halogens is 3. The van der Waals surface area contributed by atoms with E-state index >= 15 is 0 Å². The molecule has 1 heterocycles. The standard InChI is InChI=1S/C13H18F3N3O2/c1-3-4-7-18-12(21-2)10-8(11(17)20)5-6-9(19-10)13(14,15)16/h5-6,12,18H,3-4,7H2,1-2H3,(H2,17,20). The van der Waals surface area contributed by atoms with Gasteiger partial charge in [0.2, 0.25) is 0 Å². The summed E-state index contributed by atoms with van der Waals surface area (Å²) in [6.45, 7) is 2.49. The fourth-order valence-corrected chi connectivity index (χ4v) is 1.74. The first kappa shape index (κ1) is 17.4. The Hall–Kier alpha value is -1.67. The molecular weight excluding hydrogens is 287 g/mol. The Morgan fingerprint density at radius 2 is 2.14 bits per heavy atom. The van der Waals surface area contributed by atoms with Gasteiger partial charge in [0, 0.05) is 7.11 Å². The van der Waals surface area contributed by atoms with Crippen molar-refractivity contribution in [2.45, 2.75) is 32.2 Å². The van der Waals surface area contributed by atoms with Crippen molar-refractivity contribution in [3.05, 3.63) is 29.1 Å². The van der Waals surface area contributed by atoms with Crippen LogP contribution in [-0.4, -0.2) is 24.5 Å². The quantitative estimate of drug-likeness (QED) is 0.598. The average molecular weight is 305 g/mol. The van der Waals surface area contributed by atoms with Crippen LogP contribution < -0.4 is 11.1 Å². The number of unbranched alkanes of at least 4 members (excludes halogenated alkanes) is 1. The van der Waals surface area contributed by atoms with E-state index in [0.29, 0.717) is 6.54 Å². The molecule has 0 aliphatic rings.